The lowest BCUT2D eigenvalue weighted by atomic mass is 9.97. The lowest BCUT2D eigenvalue weighted by molar-refractivity contribution is -0.114. The summed E-state index contributed by atoms with van der Waals surface area (Å²) in [6.07, 6.45) is 0. The molecule has 6 nitrogen and oxygen atoms in total. The number of hydrogen-bond donors (Lipinski definition) is 1. The molecule has 166 valence electrons. The van der Waals surface area contributed by atoms with E-state index in [0.29, 0.717) is 21.9 Å². The van der Waals surface area contributed by atoms with Crippen molar-refractivity contribution in [3.05, 3.63) is 96.5 Å². The van der Waals surface area contributed by atoms with Gasteiger partial charge in [0.15, 0.2) is 10.8 Å². The van der Waals surface area contributed by atoms with Gasteiger partial charge in [-0.25, -0.2) is 4.98 Å². The van der Waals surface area contributed by atoms with Gasteiger partial charge in [0.1, 0.15) is 17.0 Å². The molecule has 0 aliphatic rings. The molecule has 2 aromatic heterocycles. The van der Waals surface area contributed by atoms with Crippen molar-refractivity contribution >= 4 is 28.6 Å². The third kappa shape index (κ3) is 4.13. The highest BCUT2D eigenvalue weighted by Crippen LogP contribution is 2.34. The van der Waals surface area contributed by atoms with E-state index < -0.39 is 0 Å². The first kappa shape index (κ1) is 21.7. The Kier molecular flexibility index (Phi) is 6.01. The molecule has 0 radical (unpaired) electrons. The average molecular weight is 464 g/mol. The number of rotatable bonds is 6. The highest BCUT2D eigenvalue weighted by molar-refractivity contribution is 7.99. The van der Waals surface area contributed by atoms with Crippen LogP contribution in [-0.2, 0) is 4.79 Å². The van der Waals surface area contributed by atoms with Gasteiger partial charge in [-0.2, -0.15) is 0 Å². The van der Waals surface area contributed by atoms with Gasteiger partial charge in [0.25, 0.3) is 0 Å². The first-order chi connectivity index (χ1) is 16.6. The number of nitrogens with zero attached hydrogens (tertiary/aromatic N) is 4. The molecule has 0 aliphatic carbocycles. The third-order valence-corrected chi connectivity index (χ3v) is 6.42. The summed E-state index contributed by atoms with van der Waals surface area (Å²) >= 11 is 1.30. The van der Waals surface area contributed by atoms with Gasteiger partial charge in [0.2, 0.25) is 0 Å². The number of para-hydroxylation sites is 1. The SMILES string of the molecule is CC(=O)CSc1nc2nnc(-c3ccccc3)c(-c3ccccc3)c2c(=N)n1-c1ccccc1. The number of nitrogens with one attached hydrogen (secondary N) is 1. The maximum Gasteiger partial charge on any atom is 0.188 e. The van der Waals surface area contributed by atoms with Crippen molar-refractivity contribution in [2.75, 3.05) is 5.75 Å². The van der Waals surface area contributed by atoms with E-state index in [2.05, 4.69) is 10.2 Å². The molecule has 5 aromatic rings. The Morgan fingerprint density at radius 3 is 2.06 bits per heavy atom. The monoisotopic (exact) mass is 463 g/mol. The molecule has 0 fully saturated rings. The molecule has 0 spiro atoms. The summed E-state index contributed by atoms with van der Waals surface area (Å²) in [7, 11) is 0. The minimum atomic E-state index is 0.0357. The predicted molar refractivity (Wildman–Crippen MR) is 135 cm³/mol. The largest absolute Gasteiger partial charge is 0.299 e. The summed E-state index contributed by atoms with van der Waals surface area (Å²) in [6, 6.07) is 29.4. The molecule has 0 aliphatic heterocycles. The molecule has 0 saturated carbocycles. The summed E-state index contributed by atoms with van der Waals surface area (Å²) in [5.74, 6) is 0.291. The topological polar surface area (TPSA) is 84.5 Å². The van der Waals surface area contributed by atoms with Gasteiger partial charge in [-0.3, -0.25) is 14.8 Å². The number of fused-ring (bicyclic) bond motifs is 1. The van der Waals surface area contributed by atoms with Gasteiger partial charge in [-0.1, -0.05) is 90.6 Å². The molecule has 3 aromatic carbocycles. The molecule has 5 rings (SSSR count). The number of thioether (sulfide) groups is 1. The molecular weight excluding hydrogens is 442 g/mol. The van der Waals surface area contributed by atoms with Crippen LogP contribution in [0.1, 0.15) is 6.92 Å². The van der Waals surface area contributed by atoms with Crippen LogP contribution in [0, 0.1) is 5.41 Å². The fourth-order valence-corrected chi connectivity index (χ4v) is 4.65. The molecule has 2 heterocycles. The molecule has 0 amide bonds. The van der Waals surface area contributed by atoms with Crippen LogP contribution in [0.25, 0.3) is 39.1 Å². The highest BCUT2D eigenvalue weighted by atomic mass is 32.2. The van der Waals surface area contributed by atoms with E-state index in [1.807, 2.05) is 91.0 Å². The van der Waals surface area contributed by atoms with Gasteiger partial charge < -0.3 is 0 Å². The minimum absolute atomic E-state index is 0.0357. The number of carbonyl (C=O) groups excluding carboxylic acids is 1. The van der Waals surface area contributed by atoms with Gasteiger partial charge in [0.05, 0.1) is 11.1 Å². The maximum absolute atomic E-state index is 11.7. The van der Waals surface area contributed by atoms with Crippen LogP contribution in [0.5, 0.6) is 0 Å². The Labute approximate surface area is 200 Å². The number of carbonyl (C=O) groups is 1. The highest BCUT2D eigenvalue weighted by Gasteiger charge is 2.20. The van der Waals surface area contributed by atoms with Crippen LogP contribution in [0.3, 0.4) is 0 Å². The van der Waals surface area contributed by atoms with Crippen LogP contribution in [0.4, 0.5) is 0 Å². The molecule has 7 heteroatoms. The summed E-state index contributed by atoms with van der Waals surface area (Å²) in [4.78, 5) is 16.5. The molecule has 1 N–H and O–H groups in total. The quantitative estimate of drug-likeness (QED) is 0.272. The van der Waals surface area contributed by atoms with Crippen molar-refractivity contribution in [1.29, 1.82) is 5.41 Å². The number of Topliss-reactive ketones (excluding diaryl/α,β-unsaturated/α-hetero) is 1. The summed E-state index contributed by atoms with van der Waals surface area (Å²) in [5.41, 5.74) is 4.76. The average Bonchev–Trinajstić information content (AvgIpc) is 2.88. The van der Waals surface area contributed by atoms with Crippen molar-refractivity contribution < 1.29 is 4.79 Å². The van der Waals surface area contributed by atoms with Gasteiger partial charge in [-0.05, 0) is 24.6 Å². The van der Waals surface area contributed by atoms with E-state index in [1.54, 1.807) is 11.5 Å². The number of benzene rings is 3. The summed E-state index contributed by atoms with van der Waals surface area (Å²) < 4.78 is 1.78. The Hall–Kier alpha value is -4.10. The van der Waals surface area contributed by atoms with Crippen molar-refractivity contribution in [1.82, 2.24) is 19.7 Å². The van der Waals surface area contributed by atoms with E-state index in [0.717, 1.165) is 22.4 Å². The zero-order valence-electron chi connectivity index (χ0n) is 18.5. The van der Waals surface area contributed by atoms with Crippen molar-refractivity contribution in [2.24, 2.45) is 0 Å². The van der Waals surface area contributed by atoms with E-state index in [4.69, 9.17) is 4.98 Å². The number of hydrogen-bond acceptors (Lipinski definition) is 6. The van der Waals surface area contributed by atoms with Crippen molar-refractivity contribution in [3.63, 3.8) is 0 Å². The van der Waals surface area contributed by atoms with Crippen molar-refractivity contribution in [2.45, 2.75) is 12.1 Å². The smallest absolute Gasteiger partial charge is 0.188 e. The normalized spacial score (nSPS) is 11.0. The molecule has 34 heavy (non-hydrogen) atoms. The Bertz CT molecular complexity index is 1530. The molecule has 0 atom stereocenters. The second-order valence-electron chi connectivity index (χ2n) is 7.76. The Balaban J connectivity index is 1.89. The van der Waals surface area contributed by atoms with Crippen LogP contribution in [-0.4, -0.2) is 31.3 Å². The van der Waals surface area contributed by atoms with Gasteiger partial charge in [0, 0.05) is 16.8 Å². The first-order valence-electron chi connectivity index (χ1n) is 10.8. The van der Waals surface area contributed by atoms with E-state index >= 15 is 0 Å². The standard InChI is InChI=1S/C27H21N5OS/c1-18(33)17-34-27-29-26-23(25(28)32(27)21-15-9-4-10-16-21)22(19-11-5-2-6-12-19)24(30-31-26)20-13-7-3-8-14-20/h2-16,28H,17H2,1H3. The fraction of sp³-hybridized carbons (Fsp3) is 0.0741. The molecule has 0 unspecified atom stereocenters. The summed E-state index contributed by atoms with van der Waals surface area (Å²) in [6.45, 7) is 1.54. The second-order valence-corrected chi connectivity index (χ2v) is 8.70. The van der Waals surface area contributed by atoms with Crippen LogP contribution in [0.2, 0.25) is 0 Å². The van der Waals surface area contributed by atoms with Crippen LogP contribution >= 0.6 is 11.8 Å². The van der Waals surface area contributed by atoms with Crippen LogP contribution in [0.15, 0.2) is 96.2 Å². The van der Waals surface area contributed by atoms with E-state index in [1.165, 1.54) is 11.8 Å². The number of ketones is 1. The minimum Gasteiger partial charge on any atom is -0.299 e. The van der Waals surface area contributed by atoms with Gasteiger partial charge in [-0.15, -0.1) is 10.2 Å². The lowest BCUT2D eigenvalue weighted by Gasteiger charge is -2.17. The van der Waals surface area contributed by atoms with E-state index in [-0.39, 0.29) is 17.0 Å². The zero-order chi connectivity index (χ0) is 23.5. The lowest BCUT2D eigenvalue weighted by Crippen LogP contribution is -2.24. The van der Waals surface area contributed by atoms with Crippen molar-refractivity contribution in [3.8, 4) is 28.1 Å². The Morgan fingerprint density at radius 1 is 0.853 bits per heavy atom. The van der Waals surface area contributed by atoms with E-state index in [9.17, 15) is 10.2 Å². The molecule has 0 saturated heterocycles. The van der Waals surface area contributed by atoms with Gasteiger partial charge >= 0.3 is 0 Å². The third-order valence-electron chi connectivity index (χ3n) is 5.34. The maximum atomic E-state index is 11.7. The fourth-order valence-electron chi connectivity index (χ4n) is 3.84. The second kappa shape index (κ2) is 9.41. The summed E-state index contributed by atoms with van der Waals surface area (Å²) in [5, 5.41) is 19.4. The zero-order valence-corrected chi connectivity index (χ0v) is 19.3. The Morgan fingerprint density at radius 2 is 1.44 bits per heavy atom. The predicted octanol–water partition coefficient (Wildman–Crippen LogP) is 5.31. The first-order valence-corrected chi connectivity index (χ1v) is 11.8. The number of aromatic nitrogens is 4. The molecule has 0 bridgehead atoms. The van der Waals surface area contributed by atoms with Crippen LogP contribution < -0.4 is 5.49 Å². The molecular formula is C27H21N5OS.